The Bertz CT molecular complexity index is 700. The van der Waals surface area contributed by atoms with Crippen LogP contribution in [0.15, 0.2) is 54.6 Å². The summed E-state index contributed by atoms with van der Waals surface area (Å²) in [5, 5.41) is 3.12. The lowest BCUT2D eigenvalue weighted by atomic mass is 9.96. The molecule has 4 heteroatoms. The first-order chi connectivity index (χ1) is 13.2. The minimum atomic E-state index is 0.0830. The second-order valence-electron chi connectivity index (χ2n) is 7.23. The molecule has 1 aliphatic heterocycles. The normalized spacial score (nSPS) is 17.6. The summed E-state index contributed by atoms with van der Waals surface area (Å²) < 4.78 is 5.42. The van der Waals surface area contributed by atoms with Crippen LogP contribution in [0.25, 0.3) is 0 Å². The van der Waals surface area contributed by atoms with Gasteiger partial charge in [-0.2, -0.15) is 0 Å². The van der Waals surface area contributed by atoms with Crippen LogP contribution in [0.5, 0.6) is 0 Å². The van der Waals surface area contributed by atoms with E-state index in [1.807, 2.05) is 13.0 Å². The highest BCUT2D eigenvalue weighted by Gasteiger charge is 2.25. The summed E-state index contributed by atoms with van der Waals surface area (Å²) in [6, 6.07) is 18.8. The van der Waals surface area contributed by atoms with Crippen LogP contribution in [-0.4, -0.2) is 30.5 Å². The van der Waals surface area contributed by atoms with Gasteiger partial charge in [0.15, 0.2) is 0 Å². The summed E-state index contributed by atoms with van der Waals surface area (Å²) >= 11 is 0. The zero-order valence-corrected chi connectivity index (χ0v) is 16.2. The molecule has 2 aromatic carbocycles. The van der Waals surface area contributed by atoms with Crippen molar-refractivity contribution in [2.45, 2.75) is 39.5 Å². The standard InChI is InChI=1S/C23H30N2O2/c1-2-27-18-21-12-10-19(11-13-21)15-24-23(26)22-9-6-14-25(17-22)16-20-7-4-3-5-8-20/h3-5,7-8,10-13,22H,2,6,9,14-18H2,1H3,(H,24,26). The number of piperidine rings is 1. The van der Waals surface area contributed by atoms with E-state index in [0.29, 0.717) is 13.2 Å². The van der Waals surface area contributed by atoms with Crippen LogP contribution >= 0.6 is 0 Å². The number of amides is 1. The average molecular weight is 367 g/mol. The van der Waals surface area contributed by atoms with Crippen LogP contribution in [0.1, 0.15) is 36.5 Å². The van der Waals surface area contributed by atoms with Crippen LogP contribution in [0.2, 0.25) is 0 Å². The molecule has 1 saturated heterocycles. The lowest BCUT2D eigenvalue weighted by Gasteiger charge is -2.32. The van der Waals surface area contributed by atoms with E-state index in [1.165, 1.54) is 5.56 Å². The van der Waals surface area contributed by atoms with Crippen molar-refractivity contribution in [3.05, 3.63) is 71.3 Å². The summed E-state index contributed by atoms with van der Waals surface area (Å²) in [5.74, 6) is 0.255. The van der Waals surface area contributed by atoms with Gasteiger partial charge in [0.1, 0.15) is 0 Å². The highest BCUT2D eigenvalue weighted by Crippen LogP contribution is 2.19. The number of nitrogens with zero attached hydrogens (tertiary/aromatic N) is 1. The first-order valence-corrected chi connectivity index (χ1v) is 9.94. The number of likely N-dealkylation sites (tertiary alicyclic amines) is 1. The molecule has 27 heavy (non-hydrogen) atoms. The van der Waals surface area contributed by atoms with Gasteiger partial charge in [-0.1, -0.05) is 54.6 Å². The van der Waals surface area contributed by atoms with E-state index in [0.717, 1.165) is 50.2 Å². The Balaban J connectivity index is 1.46. The summed E-state index contributed by atoms with van der Waals surface area (Å²) in [7, 11) is 0. The van der Waals surface area contributed by atoms with Crippen molar-refractivity contribution in [2.24, 2.45) is 5.92 Å². The van der Waals surface area contributed by atoms with Crippen molar-refractivity contribution in [2.75, 3.05) is 19.7 Å². The van der Waals surface area contributed by atoms with Gasteiger partial charge in [-0.3, -0.25) is 9.69 Å². The molecular formula is C23H30N2O2. The molecule has 144 valence electrons. The third kappa shape index (κ3) is 6.19. The van der Waals surface area contributed by atoms with E-state index in [-0.39, 0.29) is 11.8 Å². The third-order valence-corrected chi connectivity index (χ3v) is 5.09. The number of hydrogen-bond acceptors (Lipinski definition) is 3. The minimum Gasteiger partial charge on any atom is -0.377 e. The fourth-order valence-corrected chi connectivity index (χ4v) is 3.56. The Morgan fingerprint density at radius 3 is 2.56 bits per heavy atom. The van der Waals surface area contributed by atoms with Crippen molar-refractivity contribution < 1.29 is 9.53 Å². The maximum Gasteiger partial charge on any atom is 0.224 e. The van der Waals surface area contributed by atoms with Crippen molar-refractivity contribution >= 4 is 5.91 Å². The number of nitrogens with one attached hydrogen (secondary N) is 1. The van der Waals surface area contributed by atoms with Gasteiger partial charge in [-0.15, -0.1) is 0 Å². The Hall–Kier alpha value is -2.17. The first-order valence-electron chi connectivity index (χ1n) is 9.94. The minimum absolute atomic E-state index is 0.0830. The second-order valence-corrected chi connectivity index (χ2v) is 7.23. The maximum absolute atomic E-state index is 12.6. The quantitative estimate of drug-likeness (QED) is 0.774. The number of rotatable bonds is 8. The van der Waals surface area contributed by atoms with Gasteiger partial charge in [0.2, 0.25) is 5.91 Å². The molecule has 1 heterocycles. The fourth-order valence-electron chi connectivity index (χ4n) is 3.56. The average Bonchev–Trinajstić information content (AvgIpc) is 2.72. The molecule has 0 radical (unpaired) electrons. The van der Waals surface area contributed by atoms with E-state index >= 15 is 0 Å². The molecule has 1 amide bonds. The molecule has 1 unspecified atom stereocenters. The van der Waals surface area contributed by atoms with Crippen molar-refractivity contribution in [1.29, 1.82) is 0 Å². The first kappa shape index (κ1) is 19.6. The van der Waals surface area contributed by atoms with Gasteiger partial charge in [-0.05, 0) is 43.0 Å². The molecule has 1 atom stereocenters. The zero-order valence-electron chi connectivity index (χ0n) is 16.2. The summed E-state index contributed by atoms with van der Waals surface area (Å²) in [6.45, 7) is 6.78. The van der Waals surface area contributed by atoms with Crippen molar-refractivity contribution in [3.8, 4) is 0 Å². The summed E-state index contributed by atoms with van der Waals surface area (Å²) in [4.78, 5) is 15.0. The summed E-state index contributed by atoms with van der Waals surface area (Å²) in [5.41, 5.74) is 3.60. The molecular weight excluding hydrogens is 336 g/mol. The molecule has 4 nitrogen and oxygen atoms in total. The predicted molar refractivity (Wildman–Crippen MR) is 108 cm³/mol. The van der Waals surface area contributed by atoms with Crippen LogP contribution in [0.3, 0.4) is 0 Å². The molecule has 3 rings (SSSR count). The highest BCUT2D eigenvalue weighted by atomic mass is 16.5. The Morgan fingerprint density at radius 2 is 1.81 bits per heavy atom. The summed E-state index contributed by atoms with van der Waals surface area (Å²) in [6.07, 6.45) is 2.06. The van der Waals surface area contributed by atoms with Crippen molar-refractivity contribution in [1.82, 2.24) is 10.2 Å². The molecule has 1 aliphatic rings. The van der Waals surface area contributed by atoms with E-state index in [2.05, 4.69) is 58.7 Å². The second kappa shape index (κ2) is 10.2. The van der Waals surface area contributed by atoms with Crippen molar-refractivity contribution in [3.63, 3.8) is 0 Å². The number of benzene rings is 2. The highest BCUT2D eigenvalue weighted by molar-refractivity contribution is 5.78. The lowest BCUT2D eigenvalue weighted by Crippen LogP contribution is -2.42. The van der Waals surface area contributed by atoms with Crippen LogP contribution in [-0.2, 0) is 29.2 Å². The lowest BCUT2D eigenvalue weighted by molar-refractivity contribution is -0.126. The zero-order chi connectivity index (χ0) is 18.9. The third-order valence-electron chi connectivity index (χ3n) is 5.09. The maximum atomic E-state index is 12.6. The molecule has 0 bridgehead atoms. The molecule has 0 aromatic heterocycles. The monoisotopic (exact) mass is 366 g/mol. The molecule has 1 N–H and O–H groups in total. The molecule has 0 aliphatic carbocycles. The molecule has 0 saturated carbocycles. The number of hydrogen-bond donors (Lipinski definition) is 1. The van der Waals surface area contributed by atoms with Gasteiger partial charge >= 0.3 is 0 Å². The fraction of sp³-hybridized carbons (Fsp3) is 0.435. The van der Waals surface area contributed by atoms with Crippen LogP contribution in [0.4, 0.5) is 0 Å². The topological polar surface area (TPSA) is 41.6 Å². The number of ether oxygens (including phenoxy) is 1. The number of carbonyl (C=O) groups is 1. The molecule has 1 fully saturated rings. The van der Waals surface area contributed by atoms with Crippen LogP contribution < -0.4 is 5.32 Å². The van der Waals surface area contributed by atoms with Crippen LogP contribution in [0, 0.1) is 5.92 Å². The van der Waals surface area contributed by atoms with Gasteiger partial charge < -0.3 is 10.1 Å². The van der Waals surface area contributed by atoms with Gasteiger partial charge in [0.25, 0.3) is 0 Å². The van der Waals surface area contributed by atoms with E-state index in [9.17, 15) is 4.79 Å². The molecule has 2 aromatic rings. The smallest absolute Gasteiger partial charge is 0.224 e. The van der Waals surface area contributed by atoms with Gasteiger partial charge in [-0.25, -0.2) is 0 Å². The Labute approximate surface area is 162 Å². The van der Waals surface area contributed by atoms with E-state index in [1.54, 1.807) is 0 Å². The largest absolute Gasteiger partial charge is 0.377 e. The number of carbonyl (C=O) groups excluding carboxylic acids is 1. The molecule has 0 spiro atoms. The van der Waals surface area contributed by atoms with Gasteiger partial charge in [0, 0.05) is 26.2 Å². The van der Waals surface area contributed by atoms with E-state index in [4.69, 9.17) is 4.74 Å². The Kier molecular flexibility index (Phi) is 7.43. The van der Waals surface area contributed by atoms with E-state index < -0.39 is 0 Å². The van der Waals surface area contributed by atoms with Gasteiger partial charge in [0.05, 0.1) is 12.5 Å². The SMILES string of the molecule is CCOCc1ccc(CNC(=O)C2CCCN(Cc3ccccc3)C2)cc1. The predicted octanol–water partition coefficient (Wildman–Crippen LogP) is 3.75. The Morgan fingerprint density at radius 1 is 1.07 bits per heavy atom.